The molecule has 6 nitrogen and oxygen atoms in total. The average molecular weight is 384 g/mol. The molecule has 3 aromatic rings. The van der Waals surface area contributed by atoms with Crippen LogP contribution < -0.4 is 15.5 Å². The monoisotopic (exact) mass is 384 g/mol. The van der Waals surface area contributed by atoms with Crippen LogP contribution in [-0.4, -0.2) is 29.7 Å². The van der Waals surface area contributed by atoms with Crippen LogP contribution in [0.3, 0.4) is 0 Å². The Morgan fingerprint density at radius 1 is 1.11 bits per heavy atom. The van der Waals surface area contributed by atoms with Crippen molar-refractivity contribution in [1.29, 1.82) is 0 Å². The third-order valence-electron chi connectivity index (χ3n) is 4.15. The van der Waals surface area contributed by atoms with Gasteiger partial charge < -0.3 is 10.1 Å². The van der Waals surface area contributed by atoms with Crippen LogP contribution in [0.2, 0.25) is 0 Å². The molecule has 0 saturated carbocycles. The minimum Gasteiger partial charge on any atom is -0.491 e. The van der Waals surface area contributed by atoms with Crippen LogP contribution in [0, 0.1) is 0 Å². The first kappa shape index (κ1) is 18.9. The predicted octanol–water partition coefficient (Wildman–Crippen LogP) is 3.61. The van der Waals surface area contributed by atoms with E-state index in [1.165, 1.54) is 11.3 Å². The van der Waals surface area contributed by atoms with E-state index in [0.717, 1.165) is 16.5 Å². The zero-order valence-corrected chi connectivity index (χ0v) is 15.6. The number of amides is 2. The lowest BCUT2D eigenvalue weighted by molar-refractivity contribution is 0.0706. The van der Waals surface area contributed by atoms with Gasteiger partial charge in [0.05, 0.1) is 10.9 Å². The van der Waals surface area contributed by atoms with E-state index in [0.29, 0.717) is 22.8 Å². The van der Waals surface area contributed by atoms with Gasteiger partial charge in [0, 0.05) is 10.3 Å². The number of thiophene rings is 1. The van der Waals surface area contributed by atoms with Crippen molar-refractivity contribution in [3.05, 3.63) is 65.0 Å². The Kier molecular flexibility index (Phi) is 6.05. The Hall–Kier alpha value is -2.90. The molecule has 0 radical (unpaired) electrons. The Labute approximate surface area is 160 Å². The van der Waals surface area contributed by atoms with Crippen LogP contribution in [0.25, 0.3) is 10.1 Å². The third kappa shape index (κ3) is 4.64. The maximum absolute atomic E-state index is 12.5. The van der Waals surface area contributed by atoms with Crippen LogP contribution in [0.4, 0.5) is 0 Å². The number of carbonyl (C=O) groups excluding carboxylic acids is 2. The number of hydrogen-bond acceptors (Lipinski definition) is 5. The van der Waals surface area contributed by atoms with Crippen LogP contribution in [0.1, 0.15) is 33.4 Å². The molecule has 0 saturated heterocycles. The van der Waals surface area contributed by atoms with E-state index in [-0.39, 0.29) is 11.9 Å². The molecule has 0 aliphatic carbocycles. The van der Waals surface area contributed by atoms with Crippen LogP contribution in [0.15, 0.2) is 54.6 Å². The summed E-state index contributed by atoms with van der Waals surface area (Å²) in [6, 6.07) is 16.1. The van der Waals surface area contributed by atoms with Gasteiger partial charge in [0.15, 0.2) is 0 Å². The lowest BCUT2D eigenvalue weighted by Gasteiger charge is -2.17. The van der Waals surface area contributed by atoms with E-state index >= 15 is 0 Å². The van der Waals surface area contributed by atoms with Gasteiger partial charge in [-0.3, -0.25) is 14.8 Å². The van der Waals surface area contributed by atoms with E-state index in [4.69, 9.17) is 9.94 Å². The van der Waals surface area contributed by atoms with Gasteiger partial charge in [0.1, 0.15) is 12.4 Å². The fourth-order valence-electron chi connectivity index (χ4n) is 2.58. The number of ether oxygens (including phenoxy) is 1. The van der Waals surface area contributed by atoms with E-state index in [1.54, 1.807) is 29.7 Å². The second-order valence-corrected chi connectivity index (χ2v) is 7.09. The number of carbonyl (C=O) groups is 2. The van der Waals surface area contributed by atoms with Gasteiger partial charge in [0.2, 0.25) is 0 Å². The molecule has 0 aliphatic heterocycles. The lowest BCUT2D eigenvalue weighted by atomic mass is 10.2. The van der Waals surface area contributed by atoms with Gasteiger partial charge in [-0.15, -0.1) is 11.3 Å². The van der Waals surface area contributed by atoms with Gasteiger partial charge in [-0.05, 0) is 48.2 Å². The zero-order valence-electron chi connectivity index (χ0n) is 14.8. The van der Waals surface area contributed by atoms with Gasteiger partial charge in [-0.25, -0.2) is 5.48 Å². The first-order valence-electron chi connectivity index (χ1n) is 8.57. The Morgan fingerprint density at radius 3 is 2.52 bits per heavy atom. The molecule has 2 aromatic carbocycles. The predicted molar refractivity (Wildman–Crippen MR) is 105 cm³/mol. The van der Waals surface area contributed by atoms with E-state index in [1.807, 2.05) is 37.3 Å². The van der Waals surface area contributed by atoms with Crippen molar-refractivity contribution in [2.45, 2.75) is 19.4 Å². The van der Waals surface area contributed by atoms with Crippen molar-refractivity contribution in [3.63, 3.8) is 0 Å². The summed E-state index contributed by atoms with van der Waals surface area (Å²) in [5.74, 6) is -0.107. The molecule has 7 heteroatoms. The van der Waals surface area contributed by atoms with Gasteiger partial charge in [0.25, 0.3) is 11.8 Å². The molecule has 0 fully saturated rings. The summed E-state index contributed by atoms with van der Waals surface area (Å²) in [7, 11) is 0. The van der Waals surface area contributed by atoms with Crippen LogP contribution >= 0.6 is 11.3 Å². The summed E-state index contributed by atoms with van der Waals surface area (Å²) in [5.41, 5.74) is 1.91. The number of nitrogens with one attached hydrogen (secondary N) is 2. The number of hydroxylamine groups is 1. The molecule has 2 amide bonds. The smallest absolute Gasteiger partial charge is 0.274 e. The Bertz CT molecular complexity index is 904. The Morgan fingerprint density at radius 2 is 1.85 bits per heavy atom. The third-order valence-corrected chi connectivity index (χ3v) is 5.26. The molecule has 1 aromatic heterocycles. The zero-order chi connectivity index (χ0) is 19.2. The van der Waals surface area contributed by atoms with Crippen LogP contribution in [-0.2, 0) is 0 Å². The second kappa shape index (κ2) is 8.66. The highest BCUT2D eigenvalue weighted by molar-refractivity contribution is 7.20. The first-order valence-corrected chi connectivity index (χ1v) is 9.39. The molecule has 1 heterocycles. The number of benzene rings is 2. The summed E-state index contributed by atoms with van der Waals surface area (Å²) in [6.07, 6.45) is 0.724. The molecule has 0 bridgehead atoms. The number of rotatable bonds is 7. The molecule has 1 atom stereocenters. The lowest BCUT2D eigenvalue weighted by Crippen LogP contribution is -2.38. The van der Waals surface area contributed by atoms with Crippen molar-refractivity contribution < 1.29 is 19.5 Å². The second-order valence-electron chi connectivity index (χ2n) is 6.00. The maximum atomic E-state index is 12.5. The fraction of sp³-hybridized carbons (Fsp3) is 0.200. The molecule has 3 rings (SSSR count). The molecular formula is C20H20N2O4S. The standard InChI is InChI=1S/C20H20N2O4S/c1-2-15(12-26-16-9-7-13(8-10-16)19(23)22-25)21-20(24)18-11-14-5-3-4-6-17(14)27-18/h3-11,15,25H,2,12H2,1H3,(H,21,24)(H,22,23)/t15-/m0/s1. The van der Waals surface area contributed by atoms with Crippen molar-refractivity contribution in [2.75, 3.05) is 6.61 Å². The molecule has 27 heavy (non-hydrogen) atoms. The van der Waals surface area contributed by atoms with Crippen molar-refractivity contribution in [3.8, 4) is 5.75 Å². The van der Waals surface area contributed by atoms with Crippen molar-refractivity contribution in [1.82, 2.24) is 10.8 Å². The average Bonchev–Trinajstić information content (AvgIpc) is 3.15. The summed E-state index contributed by atoms with van der Waals surface area (Å²) >= 11 is 1.47. The molecule has 0 aliphatic rings. The highest BCUT2D eigenvalue weighted by Crippen LogP contribution is 2.25. The van der Waals surface area contributed by atoms with E-state index in [9.17, 15) is 9.59 Å². The largest absolute Gasteiger partial charge is 0.491 e. The van der Waals surface area contributed by atoms with Gasteiger partial charge in [-0.2, -0.15) is 0 Å². The molecular weight excluding hydrogens is 364 g/mol. The van der Waals surface area contributed by atoms with E-state index in [2.05, 4.69) is 5.32 Å². The molecule has 140 valence electrons. The van der Waals surface area contributed by atoms with Crippen molar-refractivity contribution in [2.24, 2.45) is 0 Å². The fourth-order valence-corrected chi connectivity index (χ4v) is 3.54. The highest BCUT2D eigenvalue weighted by Gasteiger charge is 2.15. The number of fused-ring (bicyclic) bond motifs is 1. The minimum absolute atomic E-state index is 0.110. The quantitative estimate of drug-likeness (QED) is 0.429. The molecule has 3 N–H and O–H groups in total. The summed E-state index contributed by atoms with van der Waals surface area (Å²) in [6.45, 7) is 2.30. The van der Waals surface area contributed by atoms with Gasteiger partial charge >= 0.3 is 0 Å². The molecule has 0 unspecified atom stereocenters. The summed E-state index contributed by atoms with van der Waals surface area (Å²) < 4.78 is 6.80. The van der Waals surface area contributed by atoms with Crippen LogP contribution in [0.5, 0.6) is 5.75 Å². The number of hydrogen-bond donors (Lipinski definition) is 3. The normalized spacial score (nSPS) is 11.8. The minimum atomic E-state index is -0.580. The topological polar surface area (TPSA) is 87.7 Å². The maximum Gasteiger partial charge on any atom is 0.274 e. The molecule has 0 spiro atoms. The Balaban J connectivity index is 1.58. The van der Waals surface area contributed by atoms with Gasteiger partial charge in [-0.1, -0.05) is 25.1 Å². The summed E-state index contributed by atoms with van der Waals surface area (Å²) in [5, 5.41) is 12.7. The first-order chi connectivity index (χ1) is 13.1. The SMILES string of the molecule is CC[C@@H](COc1ccc(C(=O)NO)cc1)NC(=O)c1cc2ccccc2s1. The summed E-state index contributed by atoms with van der Waals surface area (Å²) in [4.78, 5) is 24.5. The highest BCUT2D eigenvalue weighted by atomic mass is 32.1. The van der Waals surface area contributed by atoms with Crippen molar-refractivity contribution >= 4 is 33.2 Å². The van der Waals surface area contributed by atoms with E-state index < -0.39 is 5.91 Å².